The summed E-state index contributed by atoms with van der Waals surface area (Å²) >= 11 is 0. The monoisotopic (exact) mass is 505 g/mol. The molecule has 0 aliphatic heterocycles. The fraction of sp³-hybridized carbons (Fsp3) is 0.385. The Morgan fingerprint density at radius 3 is 2.40 bits per heavy atom. The molecule has 2 heterocycles. The molecule has 9 heteroatoms. The van der Waals surface area contributed by atoms with Gasteiger partial charge in [-0.2, -0.15) is 21.6 Å². The van der Waals surface area contributed by atoms with Crippen LogP contribution in [0.1, 0.15) is 68.6 Å². The second-order valence-corrected chi connectivity index (χ2v) is 10.1. The number of unbranched alkanes of at least 4 members (excludes halogenated alkanes) is 2. The topological polar surface area (TPSA) is 72.0 Å². The minimum Gasteiger partial charge on any atom is -0.262 e. The number of halogens is 3. The highest BCUT2D eigenvalue weighted by molar-refractivity contribution is 7.92. The number of nitrogens with one attached hydrogen (secondary N) is 1. The van der Waals surface area contributed by atoms with Gasteiger partial charge in [0, 0.05) is 11.8 Å². The molecule has 188 valence electrons. The van der Waals surface area contributed by atoms with Crippen LogP contribution in [0.2, 0.25) is 0 Å². The highest BCUT2D eigenvalue weighted by Crippen LogP contribution is 2.38. The van der Waals surface area contributed by atoms with Crippen LogP contribution in [-0.4, -0.2) is 18.4 Å². The van der Waals surface area contributed by atoms with E-state index < -0.39 is 21.8 Å². The number of alkyl halides is 3. The van der Waals surface area contributed by atoms with Crippen molar-refractivity contribution in [3.63, 3.8) is 0 Å². The first-order valence-electron chi connectivity index (χ1n) is 11.7. The molecule has 1 atom stereocenters. The number of nitrogens with zero attached hydrogens (tertiary/aromatic N) is 2. The molecule has 5 nitrogen and oxygen atoms in total. The van der Waals surface area contributed by atoms with E-state index in [-0.39, 0.29) is 28.0 Å². The summed E-state index contributed by atoms with van der Waals surface area (Å²) in [7, 11) is -4.19. The predicted octanol–water partition coefficient (Wildman–Crippen LogP) is 7.35. The number of pyridine rings is 2. The minimum atomic E-state index is -4.65. The van der Waals surface area contributed by atoms with Crippen LogP contribution >= 0.6 is 0 Å². The Hall–Kier alpha value is -2.94. The van der Waals surface area contributed by atoms with Crippen molar-refractivity contribution in [3.05, 3.63) is 71.4 Å². The standard InChI is InChI=1S/C26H30F3N3O2S/c1-4-6-7-12-19(5-2)21-14-10-17-30-25(21)35(33,34)32-23-16-15-22(26(27,28)29)24(31-23)20-13-9-8-11-18(20)3/h8-11,13-17,19H,4-7,12H2,1-3H3,(H,31,32). The van der Waals surface area contributed by atoms with E-state index in [1.54, 1.807) is 37.3 Å². The number of hydrogen-bond acceptors (Lipinski definition) is 4. The molecule has 0 saturated heterocycles. The zero-order valence-corrected chi connectivity index (χ0v) is 20.9. The lowest BCUT2D eigenvalue weighted by molar-refractivity contribution is -0.137. The number of benzene rings is 1. The largest absolute Gasteiger partial charge is 0.418 e. The molecular formula is C26H30F3N3O2S. The van der Waals surface area contributed by atoms with E-state index in [0.29, 0.717) is 11.1 Å². The molecule has 0 saturated carbocycles. The zero-order valence-electron chi connectivity index (χ0n) is 20.1. The van der Waals surface area contributed by atoms with Gasteiger partial charge >= 0.3 is 6.18 Å². The van der Waals surface area contributed by atoms with Gasteiger partial charge in [-0.15, -0.1) is 0 Å². The van der Waals surface area contributed by atoms with Crippen LogP contribution in [0.5, 0.6) is 0 Å². The van der Waals surface area contributed by atoms with Crippen molar-refractivity contribution in [3.8, 4) is 11.3 Å². The van der Waals surface area contributed by atoms with Crippen LogP contribution in [0.4, 0.5) is 19.0 Å². The normalized spacial score (nSPS) is 13.0. The maximum Gasteiger partial charge on any atom is 0.418 e. The predicted molar refractivity (Wildman–Crippen MR) is 132 cm³/mol. The molecule has 0 aliphatic carbocycles. The van der Waals surface area contributed by atoms with Crippen molar-refractivity contribution >= 4 is 15.8 Å². The van der Waals surface area contributed by atoms with Gasteiger partial charge < -0.3 is 0 Å². The summed E-state index contributed by atoms with van der Waals surface area (Å²) in [6.45, 7) is 5.78. The molecule has 3 aromatic rings. The first-order valence-corrected chi connectivity index (χ1v) is 13.2. The summed E-state index contributed by atoms with van der Waals surface area (Å²) in [6.07, 6.45) is 1.39. The summed E-state index contributed by atoms with van der Waals surface area (Å²) < 4.78 is 70.2. The van der Waals surface area contributed by atoms with E-state index in [4.69, 9.17) is 0 Å². The average Bonchev–Trinajstić information content (AvgIpc) is 2.81. The molecule has 3 rings (SSSR count). The maximum atomic E-state index is 13.7. The van der Waals surface area contributed by atoms with Gasteiger partial charge in [0.2, 0.25) is 0 Å². The highest BCUT2D eigenvalue weighted by Gasteiger charge is 2.35. The molecular weight excluding hydrogens is 475 g/mol. The van der Waals surface area contributed by atoms with E-state index in [2.05, 4.69) is 21.6 Å². The van der Waals surface area contributed by atoms with Crippen molar-refractivity contribution in [1.29, 1.82) is 0 Å². The maximum absolute atomic E-state index is 13.7. The van der Waals surface area contributed by atoms with Gasteiger partial charge in [0.05, 0.1) is 11.3 Å². The molecule has 0 bridgehead atoms. The van der Waals surface area contributed by atoms with Crippen LogP contribution in [0, 0.1) is 6.92 Å². The third kappa shape index (κ3) is 6.39. The lowest BCUT2D eigenvalue weighted by Gasteiger charge is -2.19. The fourth-order valence-electron chi connectivity index (χ4n) is 4.13. The Labute approximate surface area is 204 Å². The summed E-state index contributed by atoms with van der Waals surface area (Å²) in [6, 6.07) is 11.9. The number of anilines is 1. The smallest absolute Gasteiger partial charge is 0.262 e. The van der Waals surface area contributed by atoms with Crippen LogP contribution in [0.15, 0.2) is 59.8 Å². The van der Waals surface area contributed by atoms with Gasteiger partial charge in [-0.1, -0.05) is 63.4 Å². The van der Waals surface area contributed by atoms with E-state index in [9.17, 15) is 21.6 Å². The number of aromatic nitrogens is 2. The SMILES string of the molecule is CCCCCC(CC)c1cccnc1S(=O)(=O)Nc1ccc(C(F)(F)F)c(-c2ccccc2C)n1. The Morgan fingerprint density at radius 1 is 1.00 bits per heavy atom. The molecule has 0 amide bonds. The fourth-order valence-corrected chi connectivity index (χ4v) is 5.36. The van der Waals surface area contributed by atoms with Gasteiger partial charge in [-0.05, 0) is 55.0 Å². The Morgan fingerprint density at radius 2 is 1.74 bits per heavy atom. The van der Waals surface area contributed by atoms with Crippen LogP contribution < -0.4 is 4.72 Å². The lowest BCUT2D eigenvalue weighted by atomic mass is 9.92. The van der Waals surface area contributed by atoms with Gasteiger partial charge in [-0.25, -0.2) is 9.97 Å². The Kier molecular flexibility index (Phi) is 8.53. The van der Waals surface area contributed by atoms with E-state index in [1.165, 1.54) is 12.3 Å². The highest BCUT2D eigenvalue weighted by atomic mass is 32.2. The van der Waals surface area contributed by atoms with Crippen molar-refractivity contribution < 1.29 is 21.6 Å². The summed E-state index contributed by atoms with van der Waals surface area (Å²) in [5, 5.41) is -0.123. The summed E-state index contributed by atoms with van der Waals surface area (Å²) in [4.78, 5) is 8.24. The first kappa shape index (κ1) is 26.7. The van der Waals surface area contributed by atoms with Crippen molar-refractivity contribution in [2.45, 2.75) is 70.0 Å². The molecule has 0 fully saturated rings. The Bertz CT molecular complexity index is 1260. The van der Waals surface area contributed by atoms with Crippen molar-refractivity contribution in [1.82, 2.24) is 9.97 Å². The third-order valence-electron chi connectivity index (χ3n) is 5.98. The first-order chi connectivity index (χ1) is 16.6. The van der Waals surface area contributed by atoms with Crippen LogP contribution in [-0.2, 0) is 16.2 Å². The van der Waals surface area contributed by atoms with Gasteiger partial charge in [0.15, 0.2) is 5.03 Å². The molecule has 1 N–H and O–H groups in total. The van der Waals surface area contributed by atoms with Crippen molar-refractivity contribution in [2.75, 3.05) is 4.72 Å². The average molecular weight is 506 g/mol. The molecule has 35 heavy (non-hydrogen) atoms. The second kappa shape index (κ2) is 11.2. The third-order valence-corrected chi connectivity index (χ3v) is 7.31. The molecule has 0 aliphatic rings. The number of rotatable bonds is 10. The number of sulfonamides is 1. The van der Waals surface area contributed by atoms with E-state index >= 15 is 0 Å². The summed E-state index contributed by atoms with van der Waals surface area (Å²) in [5.41, 5.74) is 0.208. The molecule has 0 radical (unpaired) electrons. The Balaban J connectivity index is 2.02. The lowest BCUT2D eigenvalue weighted by Crippen LogP contribution is -2.19. The van der Waals surface area contributed by atoms with Gasteiger partial charge in [-0.3, -0.25) is 4.72 Å². The molecule has 1 unspecified atom stereocenters. The minimum absolute atomic E-state index is 0.00455. The molecule has 2 aromatic heterocycles. The van der Waals surface area contributed by atoms with Gasteiger partial charge in [0.1, 0.15) is 5.82 Å². The quantitative estimate of drug-likeness (QED) is 0.293. The zero-order chi connectivity index (χ0) is 25.6. The van der Waals surface area contributed by atoms with Crippen LogP contribution in [0.25, 0.3) is 11.3 Å². The number of aryl methyl sites for hydroxylation is 1. The second-order valence-electron chi connectivity index (χ2n) is 8.51. The van der Waals surface area contributed by atoms with Crippen LogP contribution in [0.3, 0.4) is 0 Å². The summed E-state index contributed by atoms with van der Waals surface area (Å²) in [5.74, 6) is -0.197. The van der Waals surface area contributed by atoms with E-state index in [0.717, 1.165) is 44.2 Å². The molecule has 1 aromatic carbocycles. The van der Waals surface area contributed by atoms with Crippen molar-refractivity contribution in [2.24, 2.45) is 0 Å². The molecule has 0 spiro atoms. The van der Waals surface area contributed by atoms with Gasteiger partial charge in [0.25, 0.3) is 10.0 Å². The van der Waals surface area contributed by atoms with E-state index in [1.807, 2.05) is 6.92 Å². The number of hydrogen-bond donors (Lipinski definition) is 1.